The number of carbonyl (C=O) groups excluding carboxylic acids is 2. The number of anilines is 2. The molecule has 178 valence electrons. The Balaban J connectivity index is 1.62. The minimum Gasteiger partial charge on any atom is -0.326 e. The van der Waals surface area contributed by atoms with Crippen molar-refractivity contribution in [2.45, 2.75) is 29.7 Å². The fraction of sp³-hybridized carbons (Fsp3) is 0.167. The zero-order valence-corrected chi connectivity index (χ0v) is 20.1. The minimum atomic E-state index is -4.66. The molecule has 2 amide bonds. The Labute approximate surface area is 208 Å². The lowest BCUT2D eigenvalue weighted by molar-refractivity contribution is -0.137. The van der Waals surface area contributed by atoms with Crippen LogP contribution in [0, 0.1) is 0 Å². The van der Waals surface area contributed by atoms with E-state index in [0.717, 1.165) is 29.5 Å². The maximum absolute atomic E-state index is 13.3. The number of alkyl halides is 3. The van der Waals surface area contributed by atoms with E-state index in [2.05, 4.69) is 10.6 Å². The number of rotatable bonds is 7. The molecule has 0 aromatic heterocycles. The average molecular weight is 527 g/mol. The van der Waals surface area contributed by atoms with Crippen molar-refractivity contribution in [2.75, 3.05) is 10.6 Å². The Kier molecular flexibility index (Phi) is 8.52. The molecule has 0 radical (unpaired) electrons. The van der Waals surface area contributed by atoms with Gasteiger partial charge in [0.15, 0.2) is 0 Å². The Hall–Kier alpha value is -2.68. The molecule has 1 unspecified atom stereocenters. The molecule has 3 aromatic rings. The maximum atomic E-state index is 13.3. The van der Waals surface area contributed by atoms with Gasteiger partial charge in [-0.1, -0.05) is 41.4 Å². The highest BCUT2D eigenvalue weighted by molar-refractivity contribution is 8.00. The molecule has 0 bridgehead atoms. The number of carbonyl (C=O) groups is 2. The smallest absolute Gasteiger partial charge is 0.326 e. The Morgan fingerprint density at radius 3 is 2.29 bits per heavy atom. The standard InChI is InChI=1S/C24H19Cl2F3N2O2S/c1-14(23(33)31-21-10-9-17(26)12-20(21)24(27,28)29)34-19-4-2-3-18(13-19)30-22(32)11-15-5-7-16(25)8-6-15/h2-10,12-14H,11H2,1H3,(H,30,32)(H,31,33). The summed E-state index contributed by atoms with van der Waals surface area (Å²) < 4.78 is 39.8. The van der Waals surface area contributed by atoms with Crippen LogP contribution < -0.4 is 10.6 Å². The molecule has 4 nitrogen and oxygen atoms in total. The van der Waals surface area contributed by atoms with Gasteiger partial charge in [0.05, 0.1) is 22.9 Å². The van der Waals surface area contributed by atoms with Crippen molar-refractivity contribution >= 4 is 58.2 Å². The van der Waals surface area contributed by atoms with E-state index in [1.807, 2.05) is 0 Å². The second-order valence-corrected chi connectivity index (χ2v) is 9.60. The van der Waals surface area contributed by atoms with Crippen LogP contribution in [0.2, 0.25) is 10.0 Å². The lowest BCUT2D eigenvalue weighted by Crippen LogP contribution is -2.24. The van der Waals surface area contributed by atoms with Crippen LogP contribution in [0.1, 0.15) is 18.1 Å². The van der Waals surface area contributed by atoms with Gasteiger partial charge in [-0.3, -0.25) is 9.59 Å². The summed E-state index contributed by atoms with van der Waals surface area (Å²) >= 11 is 12.7. The van der Waals surface area contributed by atoms with Crippen molar-refractivity contribution in [3.05, 3.63) is 87.9 Å². The summed E-state index contributed by atoms with van der Waals surface area (Å²) in [4.78, 5) is 25.6. The highest BCUT2D eigenvalue weighted by atomic mass is 35.5. The van der Waals surface area contributed by atoms with E-state index in [9.17, 15) is 22.8 Å². The van der Waals surface area contributed by atoms with Gasteiger partial charge >= 0.3 is 6.18 Å². The van der Waals surface area contributed by atoms with Crippen molar-refractivity contribution < 1.29 is 22.8 Å². The predicted octanol–water partition coefficient (Wildman–Crippen LogP) is 7.31. The summed E-state index contributed by atoms with van der Waals surface area (Å²) in [6.45, 7) is 1.58. The van der Waals surface area contributed by atoms with Crippen molar-refractivity contribution in [2.24, 2.45) is 0 Å². The second-order valence-electron chi connectivity index (χ2n) is 7.32. The normalized spacial score (nSPS) is 12.2. The van der Waals surface area contributed by atoms with E-state index >= 15 is 0 Å². The Morgan fingerprint density at radius 2 is 1.62 bits per heavy atom. The highest BCUT2D eigenvalue weighted by Crippen LogP contribution is 2.37. The molecule has 0 fully saturated rings. The summed E-state index contributed by atoms with van der Waals surface area (Å²) in [6, 6.07) is 17.0. The van der Waals surface area contributed by atoms with Gasteiger partial charge in [-0.05, 0) is 61.0 Å². The molecule has 34 heavy (non-hydrogen) atoms. The third-order valence-electron chi connectivity index (χ3n) is 4.62. The van der Waals surface area contributed by atoms with Crippen LogP contribution in [-0.2, 0) is 22.2 Å². The van der Waals surface area contributed by atoms with Gasteiger partial charge in [0, 0.05) is 20.6 Å². The van der Waals surface area contributed by atoms with Gasteiger partial charge in [-0.15, -0.1) is 11.8 Å². The van der Waals surface area contributed by atoms with E-state index in [-0.39, 0.29) is 23.0 Å². The molecule has 2 N–H and O–H groups in total. The summed E-state index contributed by atoms with van der Waals surface area (Å²) in [7, 11) is 0. The van der Waals surface area contributed by atoms with Crippen molar-refractivity contribution in [3.8, 4) is 0 Å². The van der Waals surface area contributed by atoms with Gasteiger partial charge in [0.1, 0.15) is 0 Å². The van der Waals surface area contributed by atoms with Crippen molar-refractivity contribution in [1.82, 2.24) is 0 Å². The van der Waals surface area contributed by atoms with E-state index in [4.69, 9.17) is 23.2 Å². The molecule has 0 heterocycles. The first kappa shape index (κ1) is 25.9. The first-order valence-electron chi connectivity index (χ1n) is 10.00. The monoisotopic (exact) mass is 526 g/mol. The number of thioether (sulfide) groups is 1. The number of hydrogen-bond acceptors (Lipinski definition) is 3. The van der Waals surface area contributed by atoms with Crippen molar-refractivity contribution in [1.29, 1.82) is 0 Å². The summed E-state index contributed by atoms with van der Waals surface area (Å²) in [5, 5.41) is 4.91. The maximum Gasteiger partial charge on any atom is 0.418 e. The molecule has 3 aromatic carbocycles. The summed E-state index contributed by atoms with van der Waals surface area (Å²) in [5.74, 6) is -0.826. The van der Waals surface area contributed by atoms with Crippen LogP contribution in [0.25, 0.3) is 0 Å². The third kappa shape index (κ3) is 7.41. The van der Waals surface area contributed by atoms with E-state index in [1.54, 1.807) is 55.5 Å². The molecular weight excluding hydrogens is 508 g/mol. The number of halogens is 5. The SMILES string of the molecule is CC(Sc1cccc(NC(=O)Cc2ccc(Cl)cc2)c1)C(=O)Nc1ccc(Cl)cc1C(F)(F)F. The van der Waals surface area contributed by atoms with Gasteiger partial charge in [-0.25, -0.2) is 0 Å². The highest BCUT2D eigenvalue weighted by Gasteiger charge is 2.34. The van der Waals surface area contributed by atoms with Crippen LogP contribution >= 0.6 is 35.0 Å². The number of hydrogen-bond donors (Lipinski definition) is 2. The summed E-state index contributed by atoms with van der Waals surface area (Å²) in [6.07, 6.45) is -4.50. The largest absolute Gasteiger partial charge is 0.418 e. The predicted molar refractivity (Wildman–Crippen MR) is 131 cm³/mol. The quantitative estimate of drug-likeness (QED) is 0.317. The zero-order valence-electron chi connectivity index (χ0n) is 17.7. The molecule has 0 spiro atoms. The number of benzene rings is 3. The van der Waals surface area contributed by atoms with E-state index < -0.39 is 22.9 Å². The number of nitrogens with one attached hydrogen (secondary N) is 2. The molecule has 1 atom stereocenters. The number of amides is 2. The lowest BCUT2D eigenvalue weighted by Gasteiger charge is -2.17. The Bertz CT molecular complexity index is 1190. The van der Waals surface area contributed by atoms with Gasteiger partial charge in [0.2, 0.25) is 11.8 Å². The lowest BCUT2D eigenvalue weighted by atomic mass is 10.1. The fourth-order valence-electron chi connectivity index (χ4n) is 2.99. The van der Waals surface area contributed by atoms with Crippen LogP contribution in [0.4, 0.5) is 24.5 Å². The van der Waals surface area contributed by atoms with Crippen LogP contribution in [0.3, 0.4) is 0 Å². The van der Waals surface area contributed by atoms with Gasteiger partial charge < -0.3 is 10.6 Å². The van der Waals surface area contributed by atoms with Crippen LogP contribution in [0.5, 0.6) is 0 Å². The summed E-state index contributed by atoms with van der Waals surface area (Å²) in [5.41, 5.74) is -0.0414. The molecular formula is C24H19Cl2F3N2O2S. The van der Waals surface area contributed by atoms with Gasteiger partial charge in [-0.2, -0.15) is 13.2 Å². The first-order chi connectivity index (χ1) is 16.0. The molecule has 0 aliphatic rings. The molecule has 10 heteroatoms. The molecule has 0 aliphatic carbocycles. The van der Waals surface area contributed by atoms with E-state index in [1.165, 1.54) is 6.07 Å². The fourth-order valence-corrected chi connectivity index (χ4v) is 4.22. The minimum absolute atomic E-state index is 0.0809. The molecule has 0 aliphatic heterocycles. The van der Waals surface area contributed by atoms with Crippen molar-refractivity contribution in [3.63, 3.8) is 0 Å². The molecule has 3 rings (SSSR count). The molecule has 0 saturated carbocycles. The molecule has 0 saturated heterocycles. The average Bonchev–Trinajstić information content (AvgIpc) is 2.76. The Morgan fingerprint density at radius 1 is 0.941 bits per heavy atom. The van der Waals surface area contributed by atoms with Gasteiger partial charge in [0.25, 0.3) is 0 Å². The topological polar surface area (TPSA) is 58.2 Å². The first-order valence-corrected chi connectivity index (χ1v) is 11.6. The zero-order chi connectivity index (χ0) is 24.9. The second kappa shape index (κ2) is 11.2. The van der Waals surface area contributed by atoms with Crippen LogP contribution in [-0.4, -0.2) is 17.1 Å². The van der Waals surface area contributed by atoms with E-state index in [0.29, 0.717) is 15.6 Å². The van der Waals surface area contributed by atoms with Crippen LogP contribution in [0.15, 0.2) is 71.6 Å². The third-order valence-corrected chi connectivity index (χ3v) is 6.20.